The van der Waals surface area contributed by atoms with Crippen LogP contribution < -0.4 is 0 Å². The number of ether oxygens (including phenoxy) is 2. The van der Waals surface area contributed by atoms with Gasteiger partial charge in [0.15, 0.2) is 5.79 Å². The molecule has 2 aliphatic heterocycles. The molecule has 0 aromatic heterocycles. The number of aliphatic hydroxyl groups excluding tert-OH is 1. The molecule has 0 aromatic carbocycles. The summed E-state index contributed by atoms with van der Waals surface area (Å²) in [5.41, 5.74) is 0.899. The van der Waals surface area contributed by atoms with E-state index in [0.29, 0.717) is 34.7 Å². The van der Waals surface area contributed by atoms with Crippen LogP contribution in [0, 0.1) is 52.3 Å². The maximum Gasteiger partial charge on any atom is 0.171 e. The van der Waals surface area contributed by atoms with Gasteiger partial charge in [0.05, 0.1) is 18.8 Å². The van der Waals surface area contributed by atoms with E-state index < -0.39 is 0 Å². The molecule has 4 saturated carbocycles. The summed E-state index contributed by atoms with van der Waals surface area (Å²) in [6.45, 7) is 10.9. The molecule has 2 heterocycles. The third kappa shape index (κ3) is 2.61. The lowest BCUT2D eigenvalue weighted by atomic mass is 9.44. The third-order valence-corrected chi connectivity index (χ3v) is 11.9. The standard InChI is InChI=1S/C27H44O3/c1-16-7-12-27(29-15-16)17(2)24-23(30-27)14-22-20-6-5-18-13-19(28)8-10-25(18,3)21(20)9-11-26(22,24)4/h16-24,28H,5-15H2,1-4H3/t16-,17+,18+,19-,20-,21-,22-,23+,24-,25+,26-,27-/m1/s1. The van der Waals surface area contributed by atoms with Crippen molar-refractivity contribution in [3.8, 4) is 0 Å². The van der Waals surface area contributed by atoms with Crippen molar-refractivity contribution in [1.82, 2.24) is 0 Å². The van der Waals surface area contributed by atoms with Crippen LogP contribution in [0.1, 0.15) is 91.9 Å². The monoisotopic (exact) mass is 416 g/mol. The molecule has 1 N–H and O–H groups in total. The predicted molar refractivity (Wildman–Crippen MR) is 118 cm³/mol. The Morgan fingerprint density at radius 3 is 2.40 bits per heavy atom. The highest BCUT2D eigenvalue weighted by atomic mass is 16.7. The van der Waals surface area contributed by atoms with E-state index in [1.54, 1.807) is 0 Å². The van der Waals surface area contributed by atoms with Gasteiger partial charge in [-0.25, -0.2) is 0 Å². The van der Waals surface area contributed by atoms with Crippen molar-refractivity contribution < 1.29 is 14.6 Å². The summed E-state index contributed by atoms with van der Waals surface area (Å²) in [6, 6.07) is 0. The molecule has 0 radical (unpaired) electrons. The molecule has 170 valence electrons. The number of fused-ring (bicyclic) bond motifs is 7. The maximum atomic E-state index is 10.3. The Bertz CT molecular complexity index is 684. The van der Waals surface area contributed by atoms with Crippen LogP contribution in [0.5, 0.6) is 0 Å². The normalized spacial score (nSPS) is 62.5. The smallest absolute Gasteiger partial charge is 0.171 e. The molecular formula is C27H44O3. The molecule has 0 aromatic rings. The van der Waals surface area contributed by atoms with Gasteiger partial charge in [0, 0.05) is 12.3 Å². The Hall–Kier alpha value is -0.120. The van der Waals surface area contributed by atoms with Gasteiger partial charge < -0.3 is 14.6 Å². The van der Waals surface area contributed by atoms with Crippen LogP contribution in [-0.2, 0) is 9.47 Å². The van der Waals surface area contributed by atoms with E-state index in [1.165, 1.54) is 44.9 Å². The molecule has 6 rings (SSSR count). The highest BCUT2D eigenvalue weighted by Crippen LogP contribution is 2.71. The highest BCUT2D eigenvalue weighted by Gasteiger charge is 2.69. The Morgan fingerprint density at radius 2 is 1.63 bits per heavy atom. The van der Waals surface area contributed by atoms with Crippen molar-refractivity contribution in [3.63, 3.8) is 0 Å². The summed E-state index contributed by atoms with van der Waals surface area (Å²) in [7, 11) is 0. The molecule has 0 unspecified atom stereocenters. The summed E-state index contributed by atoms with van der Waals surface area (Å²) in [5.74, 6) is 4.93. The lowest BCUT2D eigenvalue weighted by Gasteiger charge is -2.61. The Balaban J connectivity index is 1.26. The number of aliphatic hydroxyl groups is 1. The zero-order valence-corrected chi connectivity index (χ0v) is 19.7. The number of hydrogen-bond acceptors (Lipinski definition) is 3. The van der Waals surface area contributed by atoms with Gasteiger partial charge in [0.2, 0.25) is 0 Å². The van der Waals surface area contributed by atoms with Gasteiger partial charge in [-0.15, -0.1) is 0 Å². The summed E-state index contributed by atoms with van der Waals surface area (Å²) < 4.78 is 13.4. The van der Waals surface area contributed by atoms with Crippen molar-refractivity contribution in [2.75, 3.05) is 6.61 Å². The molecule has 12 atom stereocenters. The molecule has 0 amide bonds. The van der Waals surface area contributed by atoms with E-state index >= 15 is 0 Å². The van der Waals surface area contributed by atoms with Crippen molar-refractivity contribution in [2.24, 2.45) is 52.3 Å². The largest absolute Gasteiger partial charge is 0.393 e. The van der Waals surface area contributed by atoms with E-state index in [0.717, 1.165) is 49.5 Å². The summed E-state index contributed by atoms with van der Waals surface area (Å²) in [4.78, 5) is 0. The molecule has 6 aliphatic rings. The molecule has 1 spiro atoms. The van der Waals surface area contributed by atoms with E-state index in [9.17, 15) is 5.11 Å². The zero-order valence-electron chi connectivity index (χ0n) is 19.7. The Labute approximate surface area is 183 Å². The minimum Gasteiger partial charge on any atom is -0.393 e. The zero-order chi connectivity index (χ0) is 20.9. The van der Waals surface area contributed by atoms with Crippen LogP contribution in [0.15, 0.2) is 0 Å². The van der Waals surface area contributed by atoms with Crippen molar-refractivity contribution >= 4 is 0 Å². The quantitative estimate of drug-likeness (QED) is 0.543. The van der Waals surface area contributed by atoms with Gasteiger partial charge in [-0.3, -0.25) is 0 Å². The molecular weight excluding hydrogens is 372 g/mol. The van der Waals surface area contributed by atoms with Crippen molar-refractivity contribution in [2.45, 2.75) is 110 Å². The first-order valence-electron chi connectivity index (χ1n) is 13.3. The molecule has 4 aliphatic carbocycles. The second-order valence-electron chi connectivity index (χ2n) is 13.1. The highest BCUT2D eigenvalue weighted by molar-refractivity contribution is 5.15. The summed E-state index contributed by atoms with van der Waals surface area (Å²) >= 11 is 0. The van der Waals surface area contributed by atoms with Crippen LogP contribution in [0.4, 0.5) is 0 Å². The van der Waals surface area contributed by atoms with Crippen LogP contribution in [0.25, 0.3) is 0 Å². The molecule has 2 saturated heterocycles. The summed E-state index contributed by atoms with van der Waals surface area (Å²) in [5, 5.41) is 10.3. The maximum absolute atomic E-state index is 10.3. The first kappa shape index (κ1) is 20.5. The third-order valence-electron chi connectivity index (χ3n) is 11.9. The predicted octanol–water partition coefficient (Wildman–Crippen LogP) is 5.79. The first-order valence-corrected chi connectivity index (χ1v) is 13.3. The van der Waals surface area contributed by atoms with E-state index in [4.69, 9.17) is 9.47 Å². The van der Waals surface area contributed by atoms with Crippen LogP contribution in [0.3, 0.4) is 0 Å². The van der Waals surface area contributed by atoms with Gasteiger partial charge in [-0.05, 0) is 104 Å². The first-order chi connectivity index (χ1) is 14.3. The minimum atomic E-state index is -0.282. The second kappa shape index (κ2) is 6.70. The second-order valence-corrected chi connectivity index (χ2v) is 13.1. The average Bonchev–Trinajstić information content (AvgIpc) is 3.16. The molecule has 0 bridgehead atoms. The van der Waals surface area contributed by atoms with E-state index in [-0.39, 0.29) is 11.9 Å². The van der Waals surface area contributed by atoms with E-state index in [1.807, 2.05) is 0 Å². The van der Waals surface area contributed by atoms with E-state index in [2.05, 4.69) is 27.7 Å². The van der Waals surface area contributed by atoms with Gasteiger partial charge in [-0.1, -0.05) is 27.7 Å². The SMILES string of the molecule is C[C@@H]1CC[C@@]2(OC1)O[C@H]1C[C@@H]3[C@@H]4CC[C@H]5C[C@H](O)CC[C@]5(C)[C@@H]4CC[C@@]3(C)[C@@H]1[C@@H]2C. The Morgan fingerprint density at radius 1 is 0.833 bits per heavy atom. The average molecular weight is 417 g/mol. The van der Waals surface area contributed by atoms with Crippen LogP contribution in [-0.4, -0.2) is 29.7 Å². The van der Waals surface area contributed by atoms with Gasteiger partial charge in [0.1, 0.15) is 0 Å². The number of rotatable bonds is 0. The van der Waals surface area contributed by atoms with Gasteiger partial charge >= 0.3 is 0 Å². The fraction of sp³-hybridized carbons (Fsp3) is 1.00. The Kier molecular flexibility index (Phi) is 4.58. The van der Waals surface area contributed by atoms with Gasteiger partial charge in [0.25, 0.3) is 0 Å². The topological polar surface area (TPSA) is 38.7 Å². The fourth-order valence-electron chi connectivity index (χ4n) is 10.3. The van der Waals surface area contributed by atoms with Crippen molar-refractivity contribution in [1.29, 1.82) is 0 Å². The fourth-order valence-corrected chi connectivity index (χ4v) is 10.3. The number of hydrogen-bond donors (Lipinski definition) is 1. The molecule has 3 heteroatoms. The molecule has 6 fully saturated rings. The minimum absolute atomic E-state index is 0.0389. The lowest BCUT2D eigenvalue weighted by molar-refractivity contribution is -0.273. The van der Waals surface area contributed by atoms with Crippen LogP contribution >= 0.6 is 0 Å². The van der Waals surface area contributed by atoms with Gasteiger partial charge in [-0.2, -0.15) is 0 Å². The van der Waals surface area contributed by atoms with Crippen molar-refractivity contribution in [3.05, 3.63) is 0 Å². The molecule has 3 nitrogen and oxygen atoms in total. The van der Waals surface area contributed by atoms with Crippen LogP contribution in [0.2, 0.25) is 0 Å². The lowest BCUT2D eigenvalue weighted by Crippen LogP contribution is -2.55. The summed E-state index contributed by atoms with van der Waals surface area (Å²) in [6.07, 6.45) is 12.9. The molecule has 30 heavy (non-hydrogen) atoms.